The summed E-state index contributed by atoms with van der Waals surface area (Å²) in [5.74, 6) is 0.379. The van der Waals surface area contributed by atoms with Crippen molar-refractivity contribution in [1.82, 2.24) is 15.6 Å². The van der Waals surface area contributed by atoms with Crippen LogP contribution in [0, 0.1) is 18.7 Å². The lowest BCUT2D eigenvalue weighted by Crippen LogP contribution is -2.32. The van der Waals surface area contributed by atoms with Crippen LogP contribution in [0.2, 0.25) is 0 Å². The molecule has 1 aliphatic heterocycles. The fraction of sp³-hybridized carbons (Fsp3) is 0.429. The van der Waals surface area contributed by atoms with Gasteiger partial charge in [0.2, 0.25) is 5.91 Å². The number of nitrogens with one attached hydrogen (secondary N) is 2. The molecule has 0 radical (unpaired) electrons. The van der Waals surface area contributed by atoms with Crippen LogP contribution in [-0.2, 0) is 22.4 Å². The van der Waals surface area contributed by atoms with E-state index in [2.05, 4.69) is 21.7 Å². The second-order valence-corrected chi connectivity index (χ2v) is 7.25. The first-order valence-electron chi connectivity index (χ1n) is 9.56. The van der Waals surface area contributed by atoms with Gasteiger partial charge in [0.15, 0.2) is 0 Å². The highest BCUT2D eigenvalue weighted by molar-refractivity contribution is 5.85. The van der Waals surface area contributed by atoms with Crippen LogP contribution in [0.25, 0.3) is 0 Å². The molecule has 1 amide bonds. The number of hydrogen-bond acceptors (Lipinski definition) is 5. The Morgan fingerprint density at radius 2 is 2.10 bits per heavy atom. The van der Waals surface area contributed by atoms with Gasteiger partial charge in [-0.3, -0.25) is 4.79 Å². The molecule has 166 valence electrons. The monoisotopic (exact) mass is 458 g/mol. The van der Waals surface area contributed by atoms with Crippen LogP contribution in [0.3, 0.4) is 0 Å². The number of nitrogens with zero attached hydrogens (tertiary/aromatic N) is 1. The minimum Gasteiger partial charge on any atom is -0.384 e. The minimum atomic E-state index is -0.335. The predicted molar refractivity (Wildman–Crippen MR) is 121 cm³/mol. The van der Waals surface area contributed by atoms with Crippen molar-refractivity contribution in [2.45, 2.75) is 25.9 Å². The number of carbonyl (C=O) groups excluding carboxylic acids is 1. The van der Waals surface area contributed by atoms with E-state index < -0.39 is 0 Å². The second kappa shape index (κ2) is 12.7. The zero-order chi connectivity index (χ0) is 19.9. The molecule has 9 heteroatoms. The van der Waals surface area contributed by atoms with Crippen molar-refractivity contribution >= 4 is 36.5 Å². The van der Waals surface area contributed by atoms with Gasteiger partial charge in [-0.1, -0.05) is 12.1 Å². The summed E-state index contributed by atoms with van der Waals surface area (Å²) in [4.78, 5) is 16.4. The number of benzene rings is 1. The van der Waals surface area contributed by atoms with Crippen LogP contribution >= 0.6 is 24.8 Å². The summed E-state index contributed by atoms with van der Waals surface area (Å²) >= 11 is 0. The highest BCUT2D eigenvalue weighted by Gasteiger charge is 2.28. The molecule has 2 heterocycles. The molecule has 1 aliphatic rings. The molecule has 1 saturated heterocycles. The Hall–Kier alpha value is -1.93. The van der Waals surface area contributed by atoms with Crippen molar-refractivity contribution in [3.8, 4) is 0 Å². The molecule has 2 unspecified atom stereocenters. The van der Waals surface area contributed by atoms with Crippen LogP contribution < -0.4 is 16.4 Å². The van der Waals surface area contributed by atoms with Gasteiger partial charge in [0.1, 0.15) is 11.6 Å². The van der Waals surface area contributed by atoms with Gasteiger partial charge in [0, 0.05) is 31.2 Å². The second-order valence-electron chi connectivity index (χ2n) is 7.25. The Morgan fingerprint density at radius 1 is 1.30 bits per heavy atom. The molecule has 0 aliphatic carbocycles. The van der Waals surface area contributed by atoms with Crippen molar-refractivity contribution in [3.63, 3.8) is 0 Å². The van der Waals surface area contributed by atoms with E-state index in [0.29, 0.717) is 30.5 Å². The van der Waals surface area contributed by atoms with Crippen LogP contribution in [-0.4, -0.2) is 43.2 Å². The number of rotatable bonds is 8. The average molecular weight is 459 g/mol. The van der Waals surface area contributed by atoms with E-state index in [9.17, 15) is 9.18 Å². The maximum absolute atomic E-state index is 13.2. The predicted octanol–water partition coefficient (Wildman–Crippen LogP) is 2.46. The van der Waals surface area contributed by atoms with Crippen molar-refractivity contribution < 1.29 is 13.9 Å². The maximum atomic E-state index is 13.2. The van der Waals surface area contributed by atoms with Gasteiger partial charge in [-0.05, 0) is 48.7 Å². The number of ether oxygens (including phenoxy) is 1. The maximum Gasteiger partial charge on any atom is 0.224 e. The molecule has 1 fully saturated rings. The number of carbonyl (C=O) groups is 1. The number of hydrogen-bond donors (Lipinski definition) is 3. The summed E-state index contributed by atoms with van der Waals surface area (Å²) in [6, 6.07) is 9.99. The Balaban J connectivity index is 0.00000225. The van der Waals surface area contributed by atoms with E-state index in [-0.39, 0.29) is 49.1 Å². The minimum absolute atomic E-state index is 0. The fourth-order valence-corrected chi connectivity index (χ4v) is 3.54. The number of aryl methyl sites for hydroxylation is 1. The third-order valence-electron chi connectivity index (χ3n) is 4.80. The Morgan fingerprint density at radius 3 is 2.83 bits per heavy atom. The topological polar surface area (TPSA) is 89.3 Å². The number of halogens is 3. The zero-order valence-electron chi connectivity index (χ0n) is 16.9. The largest absolute Gasteiger partial charge is 0.384 e. The normalized spacial score (nSPS) is 17.7. The van der Waals surface area contributed by atoms with Crippen molar-refractivity contribution in [3.05, 3.63) is 59.0 Å². The molecule has 0 saturated carbocycles. The molecular weight excluding hydrogens is 430 g/mol. The Bertz CT molecular complexity index is 805. The molecular formula is C21H29Cl2FN4O2. The first kappa shape index (κ1) is 26.1. The van der Waals surface area contributed by atoms with Crippen LogP contribution in [0.4, 0.5) is 10.2 Å². The highest BCUT2D eigenvalue weighted by Crippen LogP contribution is 2.19. The zero-order valence-corrected chi connectivity index (χ0v) is 18.5. The molecule has 0 spiro atoms. The summed E-state index contributed by atoms with van der Waals surface area (Å²) in [5.41, 5.74) is 8.57. The van der Waals surface area contributed by atoms with E-state index in [0.717, 1.165) is 30.8 Å². The van der Waals surface area contributed by atoms with Gasteiger partial charge in [-0.2, -0.15) is 0 Å². The molecule has 2 atom stereocenters. The number of amides is 1. The van der Waals surface area contributed by atoms with E-state index in [1.165, 1.54) is 12.1 Å². The third kappa shape index (κ3) is 8.07. The molecule has 6 nitrogen and oxygen atoms in total. The van der Waals surface area contributed by atoms with Crippen LogP contribution in [0.1, 0.15) is 16.8 Å². The number of nitrogen functional groups attached to an aromatic ring is 1. The highest BCUT2D eigenvalue weighted by atomic mass is 35.5. The Kier molecular flexibility index (Phi) is 11.0. The summed E-state index contributed by atoms with van der Waals surface area (Å²) < 4.78 is 19.1. The van der Waals surface area contributed by atoms with Gasteiger partial charge >= 0.3 is 0 Å². The molecule has 4 N–H and O–H groups in total. The molecule has 2 aromatic rings. The average Bonchev–Trinajstić information content (AvgIpc) is 3.05. The quantitative estimate of drug-likeness (QED) is 0.528. The van der Waals surface area contributed by atoms with E-state index in [4.69, 9.17) is 10.5 Å². The van der Waals surface area contributed by atoms with Crippen molar-refractivity contribution in [1.29, 1.82) is 0 Å². The smallest absolute Gasteiger partial charge is 0.224 e. The van der Waals surface area contributed by atoms with Crippen molar-refractivity contribution in [2.75, 3.05) is 32.0 Å². The summed E-state index contributed by atoms with van der Waals surface area (Å²) in [7, 11) is 0. The third-order valence-corrected chi connectivity index (χ3v) is 4.80. The lowest BCUT2D eigenvalue weighted by molar-refractivity contribution is -0.120. The van der Waals surface area contributed by atoms with Gasteiger partial charge in [-0.15, -0.1) is 24.8 Å². The van der Waals surface area contributed by atoms with Gasteiger partial charge in [-0.25, -0.2) is 9.37 Å². The first-order valence-corrected chi connectivity index (χ1v) is 9.56. The summed E-state index contributed by atoms with van der Waals surface area (Å²) in [5, 5.41) is 6.17. The number of anilines is 1. The van der Waals surface area contributed by atoms with Crippen LogP contribution in [0.5, 0.6) is 0 Å². The fourth-order valence-electron chi connectivity index (χ4n) is 3.54. The van der Waals surface area contributed by atoms with Gasteiger partial charge in [0.25, 0.3) is 0 Å². The van der Waals surface area contributed by atoms with E-state index in [1.807, 2.05) is 13.0 Å². The lowest BCUT2D eigenvalue weighted by Gasteiger charge is -2.19. The molecule has 3 rings (SSSR count). The number of aromatic nitrogens is 1. The van der Waals surface area contributed by atoms with E-state index >= 15 is 0 Å². The Labute approximate surface area is 189 Å². The molecule has 1 aromatic carbocycles. The molecule has 0 bridgehead atoms. The number of nitrogens with two attached hydrogens (primary N) is 1. The molecule has 30 heavy (non-hydrogen) atoms. The number of pyridine rings is 1. The summed E-state index contributed by atoms with van der Waals surface area (Å²) in [6.45, 7) is 4.51. The van der Waals surface area contributed by atoms with E-state index in [1.54, 1.807) is 12.1 Å². The SMILES string of the molecule is Cc1cc(N)nc(CC2CNCC2OCCNC(=O)Cc2cccc(F)c2)c1.Cl.Cl. The lowest BCUT2D eigenvalue weighted by atomic mass is 9.99. The summed E-state index contributed by atoms with van der Waals surface area (Å²) in [6.07, 6.45) is 1.03. The molecule has 1 aromatic heterocycles. The van der Waals surface area contributed by atoms with Gasteiger partial charge in [0.05, 0.1) is 19.1 Å². The van der Waals surface area contributed by atoms with Crippen molar-refractivity contribution in [2.24, 2.45) is 5.92 Å². The van der Waals surface area contributed by atoms with Gasteiger partial charge < -0.3 is 21.1 Å². The standard InChI is InChI=1S/C21H27FN4O2.2ClH/c1-14-7-18(26-20(23)8-14)11-16-12-24-13-19(16)28-6-5-25-21(27)10-15-3-2-4-17(22)9-15;;/h2-4,7-9,16,19,24H,5-6,10-13H2,1H3,(H2,23,26)(H,25,27);2*1H. The first-order chi connectivity index (χ1) is 13.5. The van der Waals surface area contributed by atoms with Crippen LogP contribution in [0.15, 0.2) is 36.4 Å².